The highest BCUT2D eigenvalue weighted by atomic mass is 35.5. The number of benzene rings is 4. The molecule has 12 heteroatoms. The zero-order chi connectivity index (χ0) is 33.3. The van der Waals surface area contributed by atoms with E-state index in [0.29, 0.717) is 17.1 Å². The molecule has 0 fully saturated rings. The number of rotatable bonds is 14. The van der Waals surface area contributed by atoms with E-state index in [1.165, 1.54) is 35.2 Å². The fourth-order valence-corrected chi connectivity index (χ4v) is 6.82. The third kappa shape index (κ3) is 9.17. The Bertz CT molecular complexity index is 1760. The third-order valence-electron chi connectivity index (χ3n) is 7.24. The van der Waals surface area contributed by atoms with E-state index >= 15 is 0 Å². The molecule has 1 atom stereocenters. The minimum atomic E-state index is -4.27. The van der Waals surface area contributed by atoms with Crippen LogP contribution >= 0.6 is 46.4 Å². The molecule has 0 heterocycles. The number of amides is 2. The van der Waals surface area contributed by atoms with E-state index < -0.39 is 28.5 Å². The first-order valence-electron chi connectivity index (χ1n) is 14.6. The van der Waals surface area contributed by atoms with Crippen molar-refractivity contribution in [3.8, 4) is 0 Å². The van der Waals surface area contributed by atoms with Crippen LogP contribution in [-0.4, -0.2) is 44.3 Å². The van der Waals surface area contributed by atoms with Crippen LogP contribution in [0.4, 0.5) is 5.69 Å². The lowest BCUT2D eigenvalue weighted by Crippen LogP contribution is -2.53. The van der Waals surface area contributed by atoms with Crippen LogP contribution < -0.4 is 9.62 Å². The van der Waals surface area contributed by atoms with Gasteiger partial charge in [-0.1, -0.05) is 114 Å². The molecule has 0 aliphatic rings. The minimum absolute atomic E-state index is 0.0250. The van der Waals surface area contributed by atoms with Gasteiger partial charge in [0.1, 0.15) is 12.6 Å². The van der Waals surface area contributed by atoms with Gasteiger partial charge in [0.05, 0.1) is 30.7 Å². The van der Waals surface area contributed by atoms with Crippen LogP contribution in [0.25, 0.3) is 0 Å². The molecule has 1 N–H and O–H groups in total. The molecule has 0 aliphatic heterocycles. The molecular formula is C34H33Cl4N3O4S. The van der Waals surface area contributed by atoms with E-state index in [9.17, 15) is 18.0 Å². The Morgan fingerprint density at radius 3 is 1.98 bits per heavy atom. The van der Waals surface area contributed by atoms with Gasteiger partial charge >= 0.3 is 0 Å². The highest BCUT2D eigenvalue weighted by Gasteiger charge is 2.34. The molecule has 46 heavy (non-hydrogen) atoms. The van der Waals surface area contributed by atoms with Crippen LogP contribution in [0.15, 0.2) is 102 Å². The van der Waals surface area contributed by atoms with Crippen LogP contribution in [0.1, 0.15) is 30.9 Å². The Labute approximate surface area is 290 Å². The first kappa shape index (κ1) is 35.6. The van der Waals surface area contributed by atoms with Crippen molar-refractivity contribution in [2.45, 2.75) is 43.7 Å². The average Bonchev–Trinajstić information content (AvgIpc) is 3.05. The SMILES string of the molecule is CCCCNC(=O)[C@@H](Cc1ccccc1)N(Cc1ccc(Cl)c(Cl)c1)C(=O)CN(c1ccc(Cl)c(Cl)c1)S(=O)(=O)c1ccccc1. The Morgan fingerprint density at radius 1 is 0.761 bits per heavy atom. The van der Waals surface area contributed by atoms with Crippen molar-refractivity contribution in [1.82, 2.24) is 10.2 Å². The second-order valence-electron chi connectivity index (χ2n) is 10.5. The smallest absolute Gasteiger partial charge is 0.264 e. The van der Waals surface area contributed by atoms with Crippen molar-refractivity contribution in [2.24, 2.45) is 0 Å². The quantitative estimate of drug-likeness (QED) is 0.134. The standard InChI is InChI=1S/C34H33Cl4N3O4S/c1-2-3-18-39-34(43)32(20-24-10-6-4-7-11-24)40(22-25-14-16-28(35)30(37)19-25)33(42)23-41(26-15-17-29(36)31(38)21-26)46(44,45)27-12-8-5-9-13-27/h4-17,19,21,32H,2-3,18,20,22-23H2,1H3,(H,39,43)/t32-/m1/s1. The molecular weight excluding hydrogens is 688 g/mol. The van der Waals surface area contributed by atoms with Gasteiger partial charge in [-0.2, -0.15) is 0 Å². The molecule has 242 valence electrons. The summed E-state index contributed by atoms with van der Waals surface area (Å²) >= 11 is 25.0. The van der Waals surface area contributed by atoms with Crippen LogP contribution in [0.5, 0.6) is 0 Å². The van der Waals surface area contributed by atoms with Gasteiger partial charge in [-0.25, -0.2) is 8.42 Å². The molecule has 0 bridgehead atoms. The predicted octanol–water partition coefficient (Wildman–Crippen LogP) is 8.05. The van der Waals surface area contributed by atoms with Crippen LogP contribution in [0.2, 0.25) is 20.1 Å². The van der Waals surface area contributed by atoms with Crippen LogP contribution in [0, 0.1) is 0 Å². The summed E-state index contributed by atoms with van der Waals surface area (Å²) in [4.78, 5) is 29.7. The van der Waals surface area contributed by atoms with Gasteiger partial charge in [0.2, 0.25) is 11.8 Å². The van der Waals surface area contributed by atoms with Gasteiger partial charge in [0, 0.05) is 19.5 Å². The minimum Gasteiger partial charge on any atom is -0.354 e. The van der Waals surface area contributed by atoms with E-state index in [-0.39, 0.29) is 44.5 Å². The van der Waals surface area contributed by atoms with Crippen LogP contribution in [-0.2, 0) is 32.6 Å². The van der Waals surface area contributed by atoms with Crippen molar-refractivity contribution in [2.75, 3.05) is 17.4 Å². The largest absolute Gasteiger partial charge is 0.354 e. The van der Waals surface area contributed by atoms with Gasteiger partial charge in [-0.05, 0) is 60.0 Å². The molecule has 0 unspecified atom stereocenters. The van der Waals surface area contributed by atoms with E-state index in [4.69, 9.17) is 46.4 Å². The summed E-state index contributed by atoms with van der Waals surface area (Å²) in [6.45, 7) is 1.75. The van der Waals surface area contributed by atoms with E-state index in [1.807, 2.05) is 37.3 Å². The Morgan fingerprint density at radius 2 is 1.37 bits per heavy atom. The Kier molecular flexibility index (Phi) is 12.8. The van der Waals surface area contributed by atoms with E-state index in [2.05, 4.69) is 5.32 Å². The highest BCUT2D eigenvalue weighted by Crippen LogP contribution is 2.31. The molecule has 7 nitrogen and oxygen atoms in total. The lowest BCUT2D eigenvalue weighted by Gasteiger charge is -2.34. The zero-order valence-electron chi connectivity index (χ0n) is 25.0. The molecule has 0 spiro atoms. The molecule has 0 saturated heterocycles. The molecule has 4 rings (SSSR count). The number of sulfonamides is 1. The van der Waals surface area contributed by atoms with Crippen molar-refractivity contribution >= 4 is 73.9 Å². The lowest BCUT2D eigenvalue weighted by molar-refractivity contribution is -0.140. The average molecular weight is 722 g/mol. The fraction of sp³-hybridized carbons (Fsp3) is 0.235. The lowest BCUT2D eigenvalue weighted by atomic mass is 10.0. The third-order valence-corrected chi connectivity index (χ3v) is 10.5. The molecule has 0 saturated carbocycles. The summed E-state index contributed by atoms with van der Waals surface area (Å²) in [5.41, 5.74) is 1.56. The number of unbranched alkanes of at least 4 members (excludes halogenated alkanes) is 1. The highest BCUT2D eigenvalue weighted by molar-refractivity contribution is 7.92. The van der Waals surface area contributed by atoms with E-state index in [0.717, 1.165) is 22.7 Å². The number of anilines is 1. The summed E-state index contributed by atoms with van der Waals surface area (Å²) in [5.74, 6) is -0.985. The van der Waals surface area contributed by atoms with Crippen molar-refractivity contribution in [3.63, 3.8) is 0 Å². The number of carbonyl (C=O) groups is 2. The number of hydrogen-bond acceptors (Lipinski definition) is 4. The Hall–Kier alpha value is -3.27. The maximum Gasteiger partial charge on any atom is 0.264 e. The molecule has 2 amide bonds. The molecule has 0 radical (unpaired) electrons. The van der Waals surface area contributed by atoms with Gasteiger partial charge in [0.15, 0.2) is 0 Å². The van der Waals surface area contributed by atoms with Gasteiger partial charge in [-0.3, -0.25) is 13.9 Å². The van der Waals surface area contributed by atoms with Gasteiger partial charge in [0.25, 0.3) is 10.0 Å². The van der Waals surface area contributed by atoms with Gasteiger partial charge < -0.3 is 10.2 Å². The summed E-state index contributed by atoms with van der Waals surface area (Å²) < 4.78 is 29.1. The predicted molar refractivity (Wildman–Crippen MR) is 186 cm³/mol. The molecule has 0 aliphatic carbocycles. The summed E-state index contributed by atoms with van der Waals surface area (Å²) in [6.07, 6.45) is 1.81. The second-order valence-corrected chi connectivity index (χ2v) is 14.0. The van der Waals surface area contributed by atoms with E-state index in [1.54, 1.807) is 36.4 Å². The van der Waals surface area contributed by atoms with Crippen molar-refractivity contribution in [3.05, 3.63) is 128 Å². The number of nitrogens with one attached hydrogen (secondary N) is 1. The number of nitrogens with zero attached hydrogens (tertiary/aromatic N) is 2. The maximum absolute atomic E-state index is 14.5. The maximum atomic E-state index is 14.5. The Balaban J connectivity index is 1.81. The zero-order valence-corrected chi connectivity index (χ0v) is 28.8. The molecule has 4 aromatic rings. The van der Waals surface area contributed by atoms with Crippen LogP contribution in [0.3, 0.4) is 0 Å². The molecule has 0 aromatic heterocycles. The summed E-state index contributed by atoms with van der Waals surface area (Å²) in [7, 11) is -4.27. The number of hydrogen-bond donors (Lipinski definition) is 1. The topological polar surface area (TPSA) is 86.8 Å². The van der Waals surface area contributed by atoms with Crippen molar-refractivity contribution in [1.29, 1.82) is 0 Å². The number of carbonyl (C=O) groups excluding carboxylic acids is 2. The van der Waals surface area contributed by atoms with Crippen molar-refractivity contribution < 1.29 is 18.0 Å². The molecule has 4 aromatic carbocycles. The summed E-state index contributed by atoms with van der Waals surface area (Å²) in [6, 6.07) is 25.3. The monoisotopic (exact) mass is 719 g/mol. The van der Waals surface area contributed by atoms with Gasteiger partial charge in [-0.15, -0.1) is 0 Å². The second kappa shape index (κ2) is 16.5. The first-order chi connectivity index (χ1) is 22.0. The summed E-state index contributed by atoms with van der Waals surface area (Å²) in [5, 5.41) is 3.91. The number of halogens is 4. The fourth-order valence-electron chi connectivity index (χ4n) is 4.78. The first-order valence-corrected chi connectivity index (χ1v) is 17.5. The normalized spacial score (nSPS) is 11.9.